The van der Waals surface area contributed by atoms with Gasteiger partial charge in [-0.1, -0.05) is 0 Å². The average molecular weight is 395 g/mol. The number of anilines is 1. The summed E-state index contributed by atoms with van der Waals surface area (Å²) >= 11 is 0. The van der Waals surface area contributed by atoms with Crippen molar-refractivity contribution in [2.45, 2.75) is 6.36 Å². The lowest BCUT2D eigenvalue weighted by atomic mass is 10.1. The van der Waals surface area contributed by atoms with Crippen LogP contribution in [0.25, 0.3) is 0 Å². The highest BCUT2D eigenvalue weighted by molar-refractivity contribution is 6.02. The Morgan fingerprint density at radius 1 is 1.07 bits per heavy atom. The van der Waals surface area contributed by atoms with Crippen LogP contribution in [-0.2, 0) is 9.53 Å². The van der Waals surface area contributed by atoms with E-state index in [1.165, 1.54) is 18.2 Å². The maximum Gasteiger partial charge on any atom is 0.573 e. The number of ether oxygens (including phenoxy) is 3. The highest BCUT2D eigenvalue weighted by Crippen LogP contribution is 2.28. The molecule has 1 N–H and O–H groups in total. The molecule has 10 heteroatoms. The number of alkyl halides is 3. The summed E-state index contributed by atoms with van der Waals surface area (Å²) in [4.78, 5) is 35.4. The number of ketones is 1. The monoisotopic (exact) mass is 395 g/mol. The number of benzene rings is 2. The molecular formula is C18H12F3NO6. The van der Waals surface area contributed by atoms with E-state index in [2.05, 4.69) is 10.1 Å². The minimum atomic E-state index is -4.84. The standard InChI is InChI=1S/C18H12F3NO6/c19-18(20,21)28-12-4-1-10(2-5-12)17(25)27-8-14(23)11-3-6-15-13(7-11)22-16(24)9-26-15/h1-7H,8-9H2,(H,22,24). The highest BCUT2D eigenvalue weighted by Gasteiger charge is 2.31. The Kier molecular flexibility index (Phi) is 5.21. The number of halogens is 3. The van der Waals surface area contributed by atoms with Crippen LogP contribution in [0.1, 0.15) is 20.7 Å². The molecule has 7 nitrogen and oxygen atoms in total. The van der Waals surface area contributed by atoms with E-state index in [1.54, 1.807) is 0 Å². The maximum absolute atomic E-state index is 12.2. The van der Waals surface area contributed by atoms with Gasteiger partial charge in [-0.15, -0.1) is 13.2 Å². The van der Waals surface area contributed by atoms with Gasteiger partial charge >= 0.3 is 12.3 Å². The number of hydrogen-bond acceptors (Lipinski definition) is 6. The van der Waals surface area contributed by atoms with Gasteiger partial charge in [0.15, 0.2) is 19.0 Å². The predicted molar refractivity (Wildman–Crippen MR) is 88.3 cm³/mol. The summed E-state index contributed by atoms with van der Waals surface area (Å²) in [5.41, 5.74) is 0.466. The minimum Gasteiger partial charge on any atom is -0.482 e. The molecule has 0 atom stereocenters. The van der Waals surface area contributed by atoms with Gasteiger partial charge in [-0.25, -0.2) is 4.79 Å². The summed E-state index contributed by atoms with van der Waals surface area (Å²) < 4.78 is 50.1. The molecule has 0 radical (unpaired) electrons. The number of fused-ring (bicyclic) bond motifs is 1. The summed E-state index contributed by atoms with van der Waals surface area (Å²) in [6.07, 6.45) is -4.84. The molecule has 146 valence electrons. The van der Waals surface area contributed by atoms with Crippen LogP contribution in [0.2, 0.25) is 0 Å². The van der Waals surface area contributed by atoms with E-state index in [0.717, 1.165) is 24.3 Å². The quantitative estimate of drug-likeness (QED) is 0.618. The molecule has 1 aliphatic rings. The van der Waals surface area contributed by atoms with Crippen LogP contribution in [0.4, 0.5) is 18.9 Å². The van der Waals surface area contributed by atoms with Gasteiger partial charge in [0.05, 0.1) is 11.3 Å². The molecule has 0 saturated carbocycles. The van der Waals surface area contributed by atoms with Crippen molar-refractivity contribution in [2.75, 3.05) is 18.5 Å². The van der Waals surface area contributed by atoms with Gasteiger partial charge in [0.25, 0.3) is 5.91 Å². The third-order valence-electron chi connectivity index (χ3n) is 3.59. The number of amides is 1. The van der Waals surface area contributed by atoms with Gasteiger partial charge < -0.3 is 19.5 Å². The van der Waals surface area contributed by atoms with Gasteiger partial charge in [0.1, 0.15) is 11.5 Å². The zero-order valence-corrected chi connectivity index (χ0v) is 14.0. The number of carbonyl (C=O) groups excluding carboxylic acids is 3. The van der Waals surface area contributed by atoms with E-state index >= 15 is 0 Å². The van der Waals surface area contributed by atoms with Crippen molar-refractivity contribution in [3.63, 3.8) is 0 Å². The molecule has 0 unspecified atom stereocenters. The third kappa shape index (κ3) is 4.78. The van der Waals surface area contributed by atoms with Gasteiger partial charge in [-0.2, -0.15) is 0 Å². The van der Waals surface area contributed by atoms with E-state index in [0.29, 0.717) is 11.4 Å². The molecule has 1 heterocycles. The second kappa shape index (κ2) is 7.59. The predicted octanol–water partition coefficient (Wildman–Crippen LogP) is 2.96. The van der Waals surface area contributed by atoms with Gasteiger partial charge in [-0.05, 0) is 42.5 Å². The van der Waals surface area contributed by atoms with Crippen molar-refractivity contribution < 1.29 is 41.8 Å². The van der Waals surface area contributed by atoms with Crippen LogP contribution in [-0.4, -0.2) is 37.2 Å². The average Bonchev–Trinajstić information content (AvgIpc) is 2.64. The molecule has 0 aromatic heterocycles. The Morgan fingerprint density at radius 3 is 2.43 bits per heavy atom. The molecule has 2 aromatic carbocycles. The second-order valence-corrected chi connectivity index (χ2v) is 5.62. The highest BCUT2D eigenvalue weighted by atomic mass is 19.4. The van der Waals surface area contributed by atoms with Gasteiger partial charge in [-0.3, -0.25) is 9.59 Å². The molecule has 28 heavy (non-hydrogen) atoms. The number of hydrogen-bond donors (Lipinski definition) is 1. The molecule has 0 fully saturated rings. The molecule has 1 aliphatic heterocycles. The van der Waals surface area contributed by atoms with E-state index in [1.807, 2.05) is 0 Å². The van der Waals surface area contributed by atoms with E-state index in [-0.39, 0.29) is 23.6 Å². The Bertz CT molecular complexity index is 924. The van der Waals surface area contributed by atoms with Gasteiger partial charge in [0, 0.05) is 5.56 Å². The van der Waals surface area contributed by atoms with Crippen LogP contribution in [0.15, 0.2) is 42.5 Å². The minimum absolute atomic E-state index is 0.0478. The van der Waals surface area contributed by atoms with Crippen molar-refractivity contribution >= 4 is 23.3 Å². The summed E-state index contributed by atoms with van der Waals surface area (Å²) in [6, 6.07) is 8.43. The molecule has 0 spiro atoms. The summed E-state index contributed by atoms with van der Waals surface area (Å²) in [5.74, 6) is -1.86. The normalized spacial score (nSPS) is 13.0. The van der Waals surface area contributed by atoms with Crippen molar-refractivity contribution in [1.29, 1.82) is 0 Å². The molecular weight excluding hydrogens is 383 g/mol. The van der Waals surface area contributed by atoms with Crippen LogP contribution >= 0.6 is 0 Å². The largest absolute Gasteiger partial charge is 0.573 e. The number of carbonyl (C=O) groups is 3. The Morgan fingerprint density at radius 2 is 1.75 bits per heavy atom. The van der Waals surface area contributed by atoms with Crippen LogP contribution < -0.4 is 14.8 Å². The van der Waals surface area contributed by atoms with Crippen molar-refractivity contribution in [1.82, 2.24) is 0 Å². The summed E-state index contributed by atoms with van der Waals surface area (Å²) in [6.45, 7) is -0.710. The number of rotatable bonds is 5. The lowest BCUT2D eigenvalue weighted by Crippen LogP contribution is -2.25. The molecule has 0 saturated heterocycles. The Hall–Kier alpha value is -3.56. The summed E-state index contributed by atoms with van der Waals surface area (Å²) in [5, 5.41) is 2.55. The van der Waals surface area contributed by atoms with Crippen LogP contribution in [0, 0.1) is 0 Å². The number of Topliss-reactive ketones (excluding diaryl/α,β-unsaturated/α-hetero) is 1. The first-order valence-electron chi connectivity index (χ1n) is 7.84. The van der Waals surface area contributed by atoms with E-state index in [9.17, 15) is 27.6 Å². The second-order valence-electron chi connectivity index (χ2n) is 5.62. The molecule has 2 aromatic rings. The first kappa shape index (κ1) is 19.2. The van der Waals surface area contributed by atoms with Gasteiger partial charge in [0.2, 0.25) is 0 Å². The summed E-state index contributed by atoms with van der Waals surface area (Å²) in [7, 11) is 0. The lowest BCUT2D eigenvalue weighted by Gasteiger charge is -2.18. The first-order chi connectivity index (χ1) is 13.2. The maximum atomic E-state index is 12.2. The molecule has 0 bridgehead atoms. The number of nitrogens with one attached hydrogen (secondary N) is 1. The van der Waals surface area contributed by atoms with Crippen molar-refractivity contribution in [3.05, 3.63) is 53.6 Å². The van der Waals surface area contributed by atoms with E-state index < -0.39 is 30.5 Å². The fourth-order valence-corrected chi connectivity index (χ4v) is 2.35. The first-order valence-corrected chi connectivity index (χ1v) is 7.84. The fraction of sp³-hybridized carbons (Fsp3) is 0.167. The lowest BCUT2D eigenvalue weighted by molar-refractivity contribution is -0.274. The topological polar surface area (TPSA) is 90.9 Å². The van der Waals surface area contributed by atoms with Crippen LogP contribution in [0.3, 0.4) is 0 Å². The van der Waals surface area contributed by atoms with Crippen molar-refractivity contribution in [2.24, 2.45) is 0 Å². The Labute approximate surface area is 156 Å². The SMILES string of the molecule is O=C1COc2ccc(C(=O)COC(=O)c3ccc(OC(F)(F)F)cc3)cc2N1. The third-order valence-corrected chi connectivity index (χ3v) is 3.59. The molecule has 0 aliphatic carbocycles. The molecule has 3 rings (SSSR count). The fourth-order valence-electron chi connectivity index (χ4n) is 2.35. The zero-order chi connectivity index (χ0) is 20.3. The smallest absolute Gasteiger partial charge is 0.482 e. The van der Waals surface area contributed by atoms with Crippen LogP contribution in [0.5, 0.6) is 11.5 Å². The molecule has 1 amide bonds. The van der Waals surface area contributed by atoms with Crippen molar-refractivity contribution in [3.8, 4) is 11.5 Å². The van der Waals surface area contributed by atoms with E-state index in [4.69, 9.17) is 9.47 Å². The zero-order valence-electron chi connectivity index (χ0n) is 14.0. The Balaban J connectivity index is 1.59. The number of esters is 1.